The van der Waals surface area contributed by atoms with Crippen LogP contribution in [0, 0.1) is 13.8 Å². The van der Waals surface area contributed by atoms with Gasteiger partial charge in [-0.25, -0.2) is 0 Å². The Morgan fingerprint density at radius 2 is 1.86 bits per heavy atom. The van der Waals surface area contributed by atoms with E-state index in [2.05, 4.69) is 16.5 Å². The highest BCUT2D eigenvalue weighted by molar-refractivity contribution is 7.90. The molecule has 0 fully saturated rings. The fraction of sp³-hybridized carbons (Fsp3) is 0.350. The number of fused-ring (bicyclic) bond motifs is 1. The monoisotopic (exact) mass is 420 g/mol. The highest BCUT2D eigenvalue weighted by atomic mass is 32.2. The lowest BCUT2D eigenvalue weighted by Gasteiger charge is -2.07. The Balaban J connectivity index is 2.16. The molecule has 28 heavy (non-hydrogen) atoms. The highest BCUT2D eigenvalue weighted by Gasteiger charge is 2.16. The second-order valence-electron chi connectivity index (χ2n) is 6.41. The van der Waals surface area contributed by atoms with Crippen LogP contribution in [0.3, 0.4) is 0 Å². The minimum absolute atomic E-state index is 0.134. The normalized spacial score (nSPS) is 12.6. The molecule has 0 N–H and O–H groups in total. The zero-order valence-corrected chi connectivity index (χ0v) is 18.1. The second-order valence-corrected chi connectivity index (χ2v) is 8.99. The Hall–Kier alpha value is -2.16. The van der Waals surface area contributed by atoms with Crippen LogP contribution in [-0.4, -0.2) is 33.3 Å². The lowest BCUT2D eigenvalue weighted by atomic mass is 10.1. The van der Waals surface area contributed by atoms with E-state index < -0.39 is 10.0 Å². The van der Waals surface area contributed by atoms with E-state index >= 15 is 0 Å². The second kappa shape index (κ2) is 8.46. The van der Waals surface area contributed by atoms with Crippen molar-refractivity contribution in [1.82, 2.24) is 4.57 Å². The molecule has 8 heteroatoms. The number of rotatable bonds is 7. The Bertz CT molecular complexity index is 1140. The molecule has 150 valence electrons. The third-order valence-corrected chi connectivity index (χ3v) is 6.96. The number of nitrogens with zero attached hydrogens (tertiary/aromatic N) is 2. The first kappa shape index (κ1) is 20.6. The molecule has 0 atom stereocenters. The van der Waals surface area contributed by atoms with E-state index in [-0.39, 0.29) is 4.90 Å². The summed E-state index contributed by atoms with van der Waals surface area (Å²) < 4.78 is 43.4. The first-order valence-electron chi connectivity index (χ1n) is 8.99. The minimum Gasteiger partial charge on any atom is -0.497 e. The topological polar surface area (TPSA) is 69.9 Å². The smallest absolute Gasteiger partial charge is 0.285 e. The van der Waals surface area contributed by atoms with Crippen molar-refractivity contribution in [3.05, 3.63) is 52.3 Å². The molecular formula is C20H24N2O4S2. The van der Waals surface area contributed by atoms with Crippen LogP contribution in [0.5, 0.6) is 5.75 Å². The molecule has 2 aromatic carbocycles. The van der Waals surface area contributed by atoms with Gasteiger partial charge in [-0.1, -0.05) is 17.4 Å². The van der Waals surface area contributed by atoms with Crippen LogP contribution in [-0.2, 0) is 21.3 Å². The molecule has 0 spiro atoms. The Morgan fingerprint density at radius 3 is 2.50 bits per heavy atom. The number of aromatic nitrogens is 1. The summed E-state index contributed by atoms with van der Waals surface area (Å²) in [5.74, 6) is 0.596. The molecule has 0 aliphatic heterocycles. The molecule has 3 aromatic rings. The highest BCUT2D eigenvalue weighted by Crippen LogP contribution is 2.24. The molecule has 3 rings (SSSR count). The summed E-state index contributed by atoms with van der Waals surface area (Å²) in [6.07, 6.45) is 0. The molecule has 0 aliphatic carbocycles. The maximum Gasteiger partial charge on any atom is 0.285 e. The van der Waals surface area contributed by atoms with Crippen LogP contribution in [0.15, 0.2) is 45.7 Å². The first-order chi connectivity index (χ1) is 13.4. The quantitative estimate of drug-likeness (QED) is 0.547. The third-order valence-electron chi connectivity index (χ3n) is 4.33. The number of benzene rings is 2. The Morgan fingerprint density at radius 1 is 1.14 bits per heavy atom. The van der Waals surface area contributed by atoms with E-state index in [1.807, 2.05) is 25.3 Å². The van der Waals surface area contributed by atoms with E-state index in [0.29, 0.717) is 30.3 Å². The van der Waals surface area contributed by atoms with Gasteiger partial charge in [0.2, 0.25) is 4.80 Å². The zero-order valence-electron chi connectivity index (χ0n) is 16.4. The minimum atomic E-state index is -3.84. The summed E-state index contributed by atoms with van der Waals surface area (Å²) in [7, 11) is -2.31. The van der Waals surface area contributed by atoms with Gasteiger partial charge in [-0.05, 0) is 62.2 Å². The third kappa shape index (κ3) is 4.29. The van der Waals surface area contributed by atoms with E-state index in [4.69, 9.17) is 9.47 Å². The average Bonchev–Trinajstić information content (AvgIpc) is 2.99. The summed E-state index contributed by atoms with van der Waals surface area (Å²) in [5.41, 5.74) is 3.21. The molecular weight excluding hydrogens is 396 g/mol. The standard InChI is InChI=1S/C20H24N2O4S2/c1-5-26-11-10-22-18-13-14(2)12-15(3)19(18)27-20(22)21-28(23,24)17-8-6-16(25-4)7-9-17/h6-9,12-13H,5,10-11H2,1-4H3. The summed E-state index contributed by atoms with van der Waals surface area (Å²) in [5, 5.41) is 0. The number of sulfonamides is 1. The van der Waals surface area contributed by atoms with Gasteiger partial charge in [0.1, 0.15) is 5.75 Å². The van der Waals surface area contributed by atoms with E-state index in [9.17, 15) is 8.42 Å². The maximum absolute atomic E-state index is 12.9. The molecule has 0 aliphatic rings. The van der Waals surface area contributed by atoms with Gasteiger partial charge in [0.25, 0.3) is 10.0 Å². The van der Waals surface area contributed by atoms with Crippen LogP contribution >= 0.6 is 11.3 Å². The molecule has 0 saturated carbocycles. The van der Waals surface area contributed by atoms with Gasteiger partial charge in [-0.3, -0.25) is 0 Å². The van der Waals surface area contributed by atoms with Crippen LogP contribution < -0.4 is 9.54 Å². The zero-order chi connectivity index (χ0) is 20.3. The summed E-state index contributed by atoms with van der Waals surface area (Å²) in [6.45, 7) is 7.63. The largest absolute Gasteiger partial charge is 0.497 e. The van der Waals surface area contributed by atoms with Gasteiger partial charge < -0.3 is 14.0 Å². The molecule has 0 amide bonds. The van der Waals surface area contributed by atoms with Gasteiger partial charge in [0.05, 0.1) is 28.8 Å². The predicted molar refractivity (Wildman–Crippen MR) is 112 cm³/mol. The van der Waals surface area contributed by atoms with Gasteiger partial charge in [0.15, 0.2) is 0 Å². The molecule has 0 bridgehead atoms. The lowest BCUT2D eigenvalue weighted by Crippen LogP contribution is -2.20. The van der Waals surface area contributed by atoms with Crippen molar-refractivity contribution in [2.45, 2.75) is 32.2 Å². The Kier molecular flexibility index (Phi) is 6.22. The number of aryl methyl sites for hydroxylation is 2. The average molecular weight is 421 g/mol. The van der Waals surface area contributed by atoms with Crippen LogP contribution in [0.25, 0.3) is 10.2 Å². The van der Waals surface area contributed by atoms with Crippen molar-refractivity contribution in [3.63, 3.8) is 0 Å². The Labute approximate surface area is 169 Å². The van der Waals surface area contributed by atoms with Crippen molar-refractivity contribution in [3.8, 4) is 5.75 Å². The van der Waals surface area contributed by atoms with E-state index in [1.54, 1.807) is 12.1 Å². The molecule has 1 heterocycles. The van der Waals surface area contributed by atoms with E-state index in [1.165, 1.54) is 30.6 Å². The first-order valence-corrected chi connectivity index (χ1v) is 11.2. The predicted octanol–water partition coefficient (Wildman–Crippen LogP) is 3.65. The van der Waals surface area contributed by atoms with Gasteiger partial charge in [-0.15, -0.1) is 4.40 Å². The molecule has 0 radical (unpaired) electrons. The van der Waals surface area contributed by atoms with Crippen molar-refractivity contribution in [2.24, 2.45) is 4.40 Å². The van der Waals surface area contributed by atoms with Crippen LogP contribution in [0.4, 0.5) is 0 Å². The van der Waals surface area contributed by atoms with E-state index in [0.717, 1.165) is 21.3 Å². The van der Waals surface area contributed by atoms with Crippen LogP contribution in [0.2, 0.25) is 0 Å². The van der Waals surface area contributed by atoms with Crippen molar-refractivity contribution >= 4 is 31.6 Å². The number of methoxy groups -OCH3 is 1. The lowest BCUT2D eigenvalue weighted by molar-refractivity contribution is 0.139. The number of thiazole rings is 1. The molecule has 0 unspecified atom stereocenters. The summed E-state index contributed by atoms with van der Waals surface area (Å²) >= 11 is 1.38. The maximum atomic E-state index is 12.9. The van der Waals surface area contributed by atoms with Crippen molar-refractivity contribution in [1.29, 1.82) is 0 Å². The molecule has 6 nitrogen and oxygen atoms in total. The van der Waals surface area contributed by atoms with Gasteiger partial charge >= 0.3 is 0 Å². The fourth-order valence-electron chi connectivity index (χ4n) is 3.00. The van der Waals surface area contributed by atoms with Gasteiger partial charge in [0, 0.05) is 13.2 Å². The number of hydrogen-bond donors (Lipinski definition) is 0. The van der Waals surface area contributed by atoms with Crippen LogP contribution in [0.1, 0.15) is 18.1 Å². The number of ether oxygens (including phenoxy) is 2. The fourth-order valence-corrected chi connectivity index (χ4v) is 5.31. The van der Waals surface area contributed by atoms with Crippen molar-refractivity contribution < 1.29 is 17.9 Å². The summed E-state index contributed by atoms with van der Waals surface area (Å²) in [6, 6.07) is 10.4. The van der Waals surface area contributed by atoms with Crippen molar-refractivity contribution in [2.75, 3.05) is 20.3 Å². The summed E-state index contributed by atoms with van der Waals surface area (Å²) in [4.78, 5) is 0.578. The molecule has 0 saturated heterocycles. The SMILES string of the molecule is CCOCCn1c(=NS(=O)(=O)c2ccc(OC)cc2)sc2c(C)cc(C)cc21. The molecule has 1 aromatic heterocycles. The van der Waals surface area contributed by atoms with Gasteiger partial charge in [-0.2, -0.15) is 8.42 Å². The number of hydrogen-bond acceptors (Lipinski definition) is 5.